The molecule has 1 heterocycles. The van der Waals surface area contributed by atoms with E-state index in [4.69, 9.17) is 0 Å². The van der Waals surface area contributed by atoms with Gasteiger partial charge < -0.3 is 5.11 Å². The fourth-order valence-corrected chi connectivity index (χ4v) is 1.67. The minimum atomic E-state index is -0.358. The van der Waals surface area contributed by atoms with Crippen LogP contribution in [0.1, 0.15) is 43.4 Å². The number of pyridine rings is 1. The fourth-order valence-electron chi connectivity index (χ4n) is 1.67. The van der Waals surface area contributed by atoms with Crippen LogP contribution in [0, 0.1) is 0 Å². The zero-order valence-electron chi connectivity index (χ0n) is 9.32. The van der Waals surface area contributed by atoms with Crippen LogP contribution in [0.3, 0.4) is 0 Å². The van der Waals surface area contributed by atoms with Gasteiger partial charge in [-0.05, 0) is 42.9 Å². The Morgan fingerprint density at radius 2 is 2.40 bits per heavy atom. The number of hydrogen-bond donors (Lipinski definition) is 1. The highest BCUT2D eigenvalue weighted by molar-refractivity contribution is 5.25. The molecule has 2 nitrogen and oxygen atoms in total. The first kappa shape index (κ1) is 11.9. The number of aliphatic hydroxyl groups is 1. The van der Waals surface area contributed by atoms with Crippen LogP contribution in [0.15, 0.2) is 31.1 Å². The van der Waals surface area contributed by atoms with Crippen molar-refractivity contribution in [2.24, 2.45) is 0 Å². The number of nitrogens with zero attached hydrogens (tertiary/aromatic N) is 1. The van der Waals surface area contributed by atoms with Crippen molar-refractivity contribution in [3.8, 4) is 0 Å². The van der Waals surface area contributed by atoms with Crippen molar-refractivity contribution in [3.05, 3.63) is 42.2 Å². The van der Waals surface area contributed by atoms with E-state index in [0.717, 1.165) is 36.8 Å². The Morgan fingerprint density at radius 1 is 1.60 bits per heavy atom. The van der Waals surface area contributed by atoms with Crippen molar-refractivity contribution in [3.63, 3.8) is 0 Å². The molecule has 0 radical (unpaired) electrons. The van der Waals surface area contributed by atoms with E-state index in [1.54, 1.807) is 6.20 Å². The molecule has 0 fully saturated rings. The molecule has 0 saturated carbocycles. The first-order valence-corrected chi connectivity index (χ1v) is 5.51. The van der Waals surface area contributed by atoms with Crippen LogP contribution >= 0.6 is 0 Å². The summed E-state index contributed by atoms with van der Waals surface area (Å²) in [7, 11) is 0. The average molecular weight is 205 g/mol. The topological polar surface area (TPSA) is 33.1 Å². The highest BCUT2D eigenvalue weighted by atomic mass is 16.3. The van der Waals surface area contributed by atoms with Gasteiger partial charge in [0.15, 0.2) is 0 Å². The maximum Gasteiger partial charge on any atom is 0.0793 e. The van der Waals surface area contributed by atoms with Crippen LogP contribution < -0.4 is 0 Å². The van der Waals surface area contributed by atoms with Crippen molar-refractivity contribution in [2.45, 2.75) is 38.7 Å². The Labute approximate surface area is 91.7 Å². The van der Waals surface area contributed by atoms with E-state index in [-0.39, 0.29) is 6.10 Å². The molecule has 1 atom stereocenters. The van der Waals surface area contributed by atoms with Gasteiger partial charge in [0.05, 0.1) is 6.10 Å². The maximum absolute atomic E-state index is 10.00. The van der Waals surface area contributed by atoms with E-state index in [2.05, 4.69) is 18.5 Å². The summed E-state index contributed by atoms with van der Waals surface area (Å²) in [5, 5.41) is 10.00. The number of aryl methyl sites for hydroxylation is 1. The zero-order valence-corrected chi connectivity index (χ0v) is 9.32. The Morgan fingerprint density at radius 3 is 3.07 bits per heavy atom. The van der Waals surface area contributed by atoms with Gasteiger partial charge >= 0.3 is 0 Å². The quantitative estimate of drug-likeness (QED) is 0.572. The molecule has 1 unspecified atom stereocenters. The van der Waals surface area contributed by atoms with Gasteiger partial charge in [-0.25, -0.2) is 0 Å². The Balaban J connectivity index is 2.63. The molecule has 0 aromatic carbocycles. The Bertz CT molecular complexity index is 309. The molecular formula is C13H19NO. The van der Waals surface area contributed by atoms with E-state index in [0.29, 0.717) is 0 Å². The lowest BCUT2D eigenvalue weighted by Gasteiger charge is -2.13. The molecule has 0 bridgehead atoms. The molecule has 0 spiro atoms. The molecule has 0 aliphatic heterocycles. The summed E-state index contributed by atoms with van der Waals surface area (Å²) in [6, 6.07) is 1.91. The molecule has 1 N–H and O–H groups in total. The summed E-state index contributed by atoms with van der Waals surface area (Å²) in [6.07, 6.45) is 8.77. The largest absolute Gasteiger partial charge is 0.388 e. The van der Waals surface area contributed by atoms with Gasteiger partial charge in [-0.1, -0.05) is 13.0 Å². The SMILES string of the molecule is C=CCCCC(O)c1ccncc1CC. The Kier molecular flexibility index (Phi) is 5.05. The van der Waals surface area contributed by atoms with Crippen molar-refractivity contribution >= 4 is 0 Å². The molecule has 1 aromatic heterocycles. The Hall–Kier alpha value is -1.15. The van der Waals surface area contributed by atoms with Gasteiger partial charge in [0.1, 0.15) is 0 Å². The van der Waals surface area contributed by atoms with Gasteiger partial charge in [-0.3, -0.25) is 4.98 Å². The summed E-state index contributed by atoms with van der Waals surface area (Å²) in [4.78, 5) is 4.07. The third-order valence-electron chi connectivity index (χ3n) is 2.57. The summed E-state index contributed by atoms with van der Waals surface area (Å²) >= 11 is 0. The van der Waals surface area contributed by atoms with Gasteiger partial charge in [-0.2, -0.15) is 0 Å². The number of unbranched alkanes of at least 4 members (excludes halogenated alkanes) is 1. The number of rotatable bonds is 6. The van der Waals surface area contributed by atoms with Crippen LogP contribution in [-0.2, 0) is 6.42 Å². The fraction of sp³-hybridized carbons (Fsp3) is 0.462. The molecule has 0 aliphatic carbocycles. The highest BCUT2D eigenvalue weighted by Gasteiger charge is 2.10. The summed E-state index contributed by atoms with van der Waals surface area (Å²) in [5.41, 5.74) is 2.17. The van der Waals surface area contributed by atoms with E-state index < -0.39 is 0 Å². The summed E-state index contributed by atoms with van der Waals surface area (Å²) in [5.74, 6) is 0. The van der Waals surface area contributed by atoms with E-state index in [9.17, 15) is 5.11 Å². The molecular weight excluding hydrogens is 186 g/mol. The molecule has 0 amide bonds. The summed E-state index contributed by atoms with van der Waals surface area (Å²) in [6.45, 7) is 5.75. The predicted octanol–water partition coefficient (Wildman–Crippen LogP) is 3.03. The summed E-state index contributed by atoms with van der Waals surface area (Å²) < 4.78 is 0. The third kappa shape index (κ3) is 3.48. The zero-order chi connectivity index (χ0) is 11.1. The van der Waals surface area contributed by atoms with Crippen LogP contribution in [0.5, 0.6) is 0 Å². The van der Waals surface area contributed by atoms with Crippen LogP contribution in [0.2, 0.25) is 0 Å². The highest BCUT2D eigenvalue weighted by Crippen LogP contribution is 2.22. The van der Waals surface area contributed by atoms with Crippen molar-refractivity contribution in [1.29, 1.82) is 0 Å². The lowest BCUT2D eigenvalue weighted by molar-refractivity contribution is 0.164. The molecule has 1 rings (SSSR count). The van der Waals surface area contributed by atoms with Crippen LogP contribution in [0.4, 0.5) is 0 Å². The second-order valence-corrected chi connectivity index (χ2v) is 3.66. The molecule has 2 heteroatoms. The van der Waals surface area contributed by atoms with E-state index in [1.165, 1.54) is 0 Å². The molecule has 15 heavy (non-hydrogen) atoms. The molecule has 1 aromatic rings. The third-order valence-corrected chi connectivity index (χ3v) is 2.57. The van der Waals surface area contributed by atoms with Gasteiger partial charge in [0.25, 0.3) is 0 Å². The molecule has 0 saturated heterocycles. The predicted molar refractivity (Wildman–Crippen MR) is 62.6 cm³/mol. The number of allylic oxidation sites excluding steroid dienone is 1. The number of aromatic nitrogens is 1. The van der Waals surface area contributed by atoms with Gasteiger partial charge in [0.2, 0.25) is 0 Å². The minimum Gasteiger partial charge on any atom is -0.388 e. The lowest BCUT2D eigenvalue weighted by Crippen LogP contribution is -2.02. The van der Waals surface area contributed by atoms with Crippen LogP contribution in [-0.4, -0.2) is 10.1 Å². The van der Waals surface area contributed by atoms with E-state index >= 15 is 0 Å². The van der Waals surface area contributed by atoms with E-state index in [1.807, 2.05) is 18.3 Å². The number of aliphatic hydroxyl groups excluding tert-OH is 1. The normalized spacial score (nSPS) is 12.4. The first-order valence-electron chi connectivity index (χ1n) is 5.51. The number of hydrogen-bond acceptors (Lipinski definition) is 2. The van der Waals surface area contributed by atoms with Crippen molar-refractivity contribution < 1.29 is 5.11 Å². The first-order chi connectivity index (χ1) is 7.29. The van der Waals surface area contributed by atoms with Crippen molar-refractivity contribution in [1.82, 2.24) is 4.98 Å². The van der Waals surface area contributed by atoms with Crippen LogP contribution in [0.25, 0.3) is 0 Å². The van der Waals surface area contributed by atoms with Crippen molar-refractivity contribution in [2.75, 3.05) is 0 Å². The second kappa shape index (κ2) is 6.36. The second-order valence-electron chi connectivity index (χ2n) is 3.66. The van der Waals surface area contributed by atoms with Gasteiger partial charge in [0, 0.05) is 12.4 Å². The van der Waals surface area contributed by atoms with Gasteiger partial charge in [-0.15, -0.1) is 6.58 Å². The minimum absolute atomic E-state index is 0.358. The standard InChI is InChI=1S/C13H19NO/c1-3-5-6-7-13(15)12-8-9-14-10-11(12)4-2/h3,8-10,13,15H,1,4-7H2,2H3. The average Bonchev–Trinajstić information content (AvgIpc) is 2.29. The molecule has 0 aliphatic rings. The lowest BCUT2D eigenvalue weighted by atomic mass is 9.99. The smallest absolute Gasteiger partial charge is 0.0793 e. The monoisotopic (exact) mass is 205 g/mol. The molecule has 82 valence electrons. The maximum atomic E-state index is 10.00.